The molecule has 0 aliphatic carbocycles. The lowest BCUT2D eigenvalue weighted by molar-refractivity contribution is -0.171. The fourth-order valence-corrected chi connectivity index (χ4v) is 1.74. The summed E-state index contributed by atoms with van der Waals surface area (Å²) in [5.74, 6) is -0.784. The zero-order valence-corrected chi connectivity index (χ0v) is 16.8. The summed E-state index contributed by atoms with van der Waals surface area (Å²) in [6.45, 7) is 13.8. The van der Waals surface area contributed by atoms with E-state index in [2.05, 4.69) is 6.58 Å². The van der Waals surface area contributed by atoms with Gasteiger partial charge in [0.1, 0.15) is 18.3 Å². The Morgan fingerprint density at radius 3 is 2.00 bits per heavy atom. The Hall–Kier alpha value is -1.44. The van der Waals surface area contributed by atoms with Crippen molar-refractivity contribution in [1.29, 1.82) is 0 Å². The monoisotopic (exact) mass is 374 g/mol. The van der Waals surface area contributed by atoms with Gasteiger partial charge >= 0.3 is 11.9 Å². The summed E-state index contributed by atoms with van der Waals surface area (Å²) in [4.78, 5) is 23.7. The Morgan fingerprint density at radius 1 is 1.04 bits per heavy atom. The lowest BCUT2D eigenvalue weighted by Gasteiger charge is -2.30. The molecule has 0 saturated carbocycles. The molecule has 3 atom stereocenters. The maximum absolute atomic E-state index is 12.1. The van der Waals surface area contributed by atoms with Gasteiger partial charge in [-0.2, -0.15) is 0 Å². The Bertz CT molecular complexity index is 459. The van der Waals surface area contributed by atoms with E-state index in [0.717, 1.165) is 0 Å². The van der Waals surface area contributed by atoms with Gasteiger partial charge in [0.2, 0.25) is 0 Å². The van der Waals surface area contributed by atoms with Gasteiger partial charge < -0.3 is 24.4 Å². The van der Waals surface area contributed by atoms with Gasteiger partial charge in [0.25, 0.3) is 0 Å². The second-order valence-electron chi connectivity index (χ2n) is 8.18. The van der Waals surface area contributed by atoms with Gasteiger partial charge in [-0.15, -0.1) is 0 Å². The lowest BCUT2D eigenvalue weighted by Crippen LogP contribution is -2.44. The summed E-state index contributed by atoms with van der Waals surface area (Å²) in [5, 5.41) is 19.2. The maximum Gasteiger partial charge on any atom is 0.311 e. The highest BCUT2D eigenvalue weighted by Crippen LogP contribution is 2.20. The van der Waals surface area contributed by atoms with Crippen LogP contribution < -0.4 is 0 Å². The molecule has 26 heavy (non-hydrogen) atoms. The maximum atomic E-state index is 12.1. The van der Waals surface area contributed by atoms with Crippen molar-refractivity contribution in [2.45, 2.75) is 66.3 Å². The van der Waals surface area contributed by atoms with E-state index in [0.29, 0.717) is 6.42 Å². The highest BCUT2D eigenvalue weighted by atomic mass is 16.6. The Kier molecular flexibility index (Phi) is 10.1. The average molecular weight is 374 g/mol. The molecule has 1 unspecified atom stereocenters. The molecule has 7 heteroatoms. The third-order valence-corrected chi connectivity index (χ3v) is 3.42. The Morgan fingerprint density at radius 2 is 1.58 bits per heavy atom. The van der Waals surface area contributed by atoms with Crippen LogP contribution in [0, 0.1) is 10.8 Å². The van der Waals surface area contributed by atoms with Gasteiger partial charge in [0.05, 0.1) is 30.7 Å². The summed E-state index contributed by atoms with van der Waals surface area (Å²) in [5.41, 5.74) is -1.30. The van der Waals surface area contributed by atoms with E-state index in [1.165, 1.54) is 6.08 Å². The van der Waals surface area contributed by atoms with Crippen molar-refractivity contribution in [3.05, 3.63) is 12.7 Å². The van der Waals surface area contributed by atoms with Crippen LogP contribution >= 0.6 is 0 Å². The minimum absolute atomic E-state index is 0.149. The van der Waals surface area contributed by atoms with Gasteiger partial charge in [-0.1, -0.05) is 6.58 Å². The summed E-state index contributed by atoms with van der Waals surface area (Å²) >= 11 is 0. The lowest BCUT2D eigenvalue weighted by atomic mass is 9.97. The highest BCUT2D eigenvalue weighted by molar-refractivity contribution is 5.76. The summed E-state index contributed by atoms with van der Waals surface area (Å²) in [6, 6.07) is 0. The van der Waals surface area contributed by atoms with Crippen LogP contribution in [0.4, 0.5) is 0 Å². The molecular weight excluding hydrogens is 340 g/mol. The van der Waals surface area contributed by atoms with Crippen LogP contribution in [-0.2, 0) is 23.8 Å². The third-order valence-electron chi connectivity index (χ3n) is 3.42. The van der Waals surface area contributed by atoms with Crippen molar-refractivity contribution >= 4 is 11.9 Å². The van der Waals surface area contributed by atoms with Crippen molar-refractivity contribution in [2.24, 2.45) is 10.8 Å². The van der Waals surface area contributed by atoms with Gasteiger partial charge in [0, 0.05) is 6.42 Å². The molecule has 0 bridgehead atoms. The first-order valence-electron chi connectivity index (χ1n) is 8.76. The smallest absolute Gasteiger partial charge is 0.311 e. The number of rotatable bonds is 10. The zero-order chi connectivity index (χ0) is 20.5. The molecule has 0 amide bonds. The first-order chi connectivity index (χ1) is 11.8. The molecule has 152 valence electrons. The number of ether oxygens (including phenoxy) is 3. The van der Waals surface area contributed by atoms with Crippen LogP contribution in [0.2, 0.25) is 0 Å². The number of esters is 2. The quantitative estimate of drug-likeness (QED) is 0.342. The summed E-state index contributed by atoms with van der Waals surface area (Å²) in [6.07, 6.45) is -1.38. The van der Waals surface area contributed by atoms with Gasteiger partial charge in [0.15, 0.2) is 0 Å². The molecule has 0 saturated heterocycles. The first-order valence-corrected chi connectivity index (χ1v) is 8.76. The van der Waals surface area contributed by atoms with Crippen LogP contribution in [0.25, 0.3) is 0 Å². The van der Waals surface area contributed by atoms with Gasteiger partial charge in [-0.3, -0.25) is 9.59 Å². The van der Waals surface area contributed by atoms with Crippen molar-refractivity contribution in [3.8, 4) is 0 Å². The molecule has 7 nitrogen and oxygen atoms in total. The molecule has 0 fully saturated rings. The number of hydrogen-bond acceptors (Lipinski definition) is 7. The average Bonchev–Trinajstić information content (AvgIpc) is 2.53. The SMILES string of the molecule is C=CC(OC(=O)C(C)(C)C)[C@H](OCCCOC(=O)C(C)(C)C)[C@H](O)CO. The van der Waals surface area contributed by atoms with Gasteiger partial charge in [-0.05, 0) is 47.6 Å². The van der Waals surface area contributed by atoms with Crippen molar-refractivity contribution in [3.63, 3.8) is 0 Å². The minimum atomic E-state index is -1.25. The number of carbonyl (C=O) groups excluding carboxylic acids is 2. The molecule has 0 rings (SSSR count). The minimum Gasteiger partial charge on any atom is -0.465 e. The Balaban J connectivity index is 4.67. The second kappa shape index (κ2) is 10.6. The van der Waals surface area contributed by atoms with Crippen molar-refractivity contribution < 1.29 is 34.0 Å². The van der Waals surface area contributed by atoms with E-state index in [1.54, 1.807) is 41.5 Å². The first kappa shape index (κ1) is 24.6. The molecule has 0 heterocycles. The highest BCUT2D eigenvalue weighted by Gasteiger charge is 2.33. The largest absolute Gasteiger partial charge is 0.465 e. The fraction of sp³-hybridized carbons (Fsp3) is 0.789. The fourth-order valence-electron chi connectivity index (χ4n) is 1.74. The third kappa shape index (κ3) is 8.78. The van der Waals surface area contributed by atoms with E-state index < -0.39 is 41.7 Å². The summed E-state index contributed by atoms with van der Waals surface area (Å²) < 4.78 is 16.1. The van der Waals surface area contributed by atoms with E-state index in [4.69, 9.17) is 14.2 Å². The van der Waals surface area contributed by atoms with Crippen LogP contribution in [0.5, 0.6) is 0 Å². The van der Waals surface area contributed by atoms with Crippen LogP contribution in [-0.4, -0.2) is 60.3 Å². The van der Waals surface area contributed by atoms with E-state index in [-0.39, 0.29) is 19.2 Å². The molecule has 0 aromatic carbocycles. The number of hydrogen-bond donors (Lipinski definition) is 2. The van der Waals surface area contributed by atoms with E-state index in [1.807, 2.05) is 0 Å². The van der Waals surface area contributed by atoms with Crippen LogP contribution in [0.3, 0.4) is 0 Å². The van der Waals surface area contributed by atoms with Crippen molar-refractivity contribution in [1.82, 2.24) is 0 Å². The predicted octanol–water partition coefficient (Wildman–Crippen LogP) is 1.85. The predicted molar refractivity (Wildman–Crippen MR) is 97.4 cm³/mol. The Labute approximate surface area is 156 Å². The number of aliphatic hydroxyl groups is 2. The number of carbonyl (C=O) groups is 2. The summed E-state index contributed by atoms with van der Waals surface area (Å²) in [7, 11) is 0. The zero-order valence-electron chi connectivity index (χ0n) is 16.8. The molecule has 0 aliphatic heterocycles. The molecular formula is C19H34O7. The topological polar surface area (TPSA) is 102 Å². The molecule has 2 N–H and O–H groups in total. The van der Waals surface area contributed by atoms with Crippen LogP contribution in [0.15, 0.2) is 12.7 Å². The molecule has 0 aliphatic rings. The number of aliphatic hydroxyl groups excluding tert-OH is 2. The normalized spacial score (nSPS) is 15.7. The van der Waals surface area contributed by atoms with E-state index >= 15 is 0 Å². The van der Waals surface area contributed by atoms with Gasteiger partial charge in [-0.25, -0.2) is 0 Å². The molecule has 0 radical (unpaired) electrons. The van der Waals surface area contributed by atoms with E-state index in [9.17, 15) is 19.8 Å². The standard InChI is InChI=1S/C19H34O7/c1-8-14(26-17(23)19(5,6)7)15(13(21)12-20)24-10-9-11-25-16(22)18(2,3)4/h8,13-15,20-21H,1,9-12H2,2-7H3/t13-,14?,15-/m1/s1. The molecule has 0 spiro atoms. The molecule has 0 aromatic heterocycles. The van der Waals surface area contributed by atoms with Crippen molar-refractivity contribution in [2.75, 3.05) is 19.8 Å². The molecule has 0 aromatic rings. The van der Waals surface area contributed by atoms with Crippen LogP contribution in [0.1, 0.15) is 48.0 Å². The second-order valence-corrected chi connectivity index (χ2v) is 8.18.